The Labute approximate surface area is 71.8 Å². The molecule has 0 aromatic carbocycles. The van der Waals surface area contributed by atoms with E-state index in [-0.39, 0.29) is 5.97 Å². The van der Waals surface area contributed by atoms with Crippen LogP contribution in [0, 0.1) is 0 Å². The van der Waals surface area contributed by atoms with E-state index in [1.807, 2.05) is 13.8 Å². The number of hydrogen-bond donors (Lipinski definition) is 1. The van der Waals surface area contributed by atoms with Crippen LogP contribution in [0.5, 0.6) is 0 Å². The monoisotopic (exact) mass is 174 g/mol. The van der Waals surface area contributed by atoms with Gasteiger partial charge in [0.2, 0.25) is 6.08 Å². The van der Waals surface area contributed by atoms with Gasteiger partial charge in [0, 0.05) is 7.05 Å². The second-order valence-electron chi connectivity index (χ2n) is 1.40. The van der Waals surface area contributed by atoms with Crippen molar-refractivity contribution >= 4 is 12.0 Å². The van der Waals surface area contributed by atoms with Crippen molar-refractivity contribution in [3.8, 4) is 0 Å². The average molecular weight is 174 g/mol. The molecule has 0 radical (unpaired) electrons. The fourth-order valence-electron chi connectivity index (χ4n) is 0.336. The summed E-state index contributed by atoms with van der Waals surface area (Å²) in [4.78, 5) is 21.8. The molecule has 0 aliphatic carbocycles. The predicted molar refractivity (Wildman–Crippen MR) is 44.4 cm³/mol. The Kier molecular flexibility index (Phi) is 13.9. The fourth-order valence-corrected chi connectivity index (χ4v) is 0.336. The summed E-state index contributed by atoms with van der Waals surface area (Å²) >= 11 is 0. The highest BCUT2D eigenvalue weighted by Gasteiger charge is 2.06. The lowest BCUT2D eigenvalue weighted by molar-refractivity contribution is -0.136. The van der Waals surface area contributed by atoms with Crippen LogP contribution in [0.25, 0.3) is 0 Å². The van der Waals surface area contributed by atoms with Gasteiger partial charge in [-0.25, -0.2) is 9.79 Å². The van der Waals surface area contributed by atoms with Crippen molar-refractivity contribution in [2.45, 2.75) is 13.8 Å². The van der Waals surface area contributed by atoms with Gasteiger partial charge < -0.3 is 4.74 Å². The molecule has 1 fully saturated rings. The number of nitrogens with zero attached hydrogens (tertiary/aromatic N) is 1. The molecule has 1 rings (SSSR count). The Bertz CT molecular complexity index is 145. The molecule has 5 heteroatoms. The van der Waals surface area contributed by atoms with Crippen molar-refractivity contribution in [3.63, 3.8) is 0 Å². The van der Waals surface area contributed by atoms with Crippen LogP contribution in [0.15, 0.2) is 4.99 Å². The first-order valence-corrected chi connectivity index (χ1v) is 3.63. The summed E-state index contributed by atoms with van der Waals surface area (Å²) in [6, 6.07) is 0. The molecule has 0 saturated carbocycles. The van der Waals surface area contributed by atoms with Crippen LogP contribution in [0.1, 0.15) is 13.8 Å². The lowest BCUT2D eigenvalue weighted by Crippen LogP contribution is -2.07. The van der Waals surface area contributed by atoms with Crippen LogP contribution in [0.2, 0.25) is 0 Å². The number of isocyanates is 1. The third-order valence-electron chi connectivity index (χ3n) is 0.696. The molecule has 0 amide bonds. The van der Waals surface area contributed by atoms with E-state index in [0.717, 1.165) is 0 Å². The summed E-state index contributed by atoms with van der Waals surface area (Å²) in [5.74, 6) is -0.157. The number of aliphatic imine (C=N–C) groups is 1. The Hall–Kier alpha value is -1.19. The molecule has 0 aromatic rings. The molecular weight excluding hydrogens is 160 g/mol. The van der Waals surface area contributed by atoms with E-state index < -0.39 is 0 Å². The predicted octanol–water partition coefficient (Wildman–Crippen LogP) is 0.0685. The highest BCUT2D eigenvalue weighted by Crippen LogP contribution is 1.79. The van der Waals surface area contributed by atoms with Gasteiger partial charge >= 0.3 is 5.97 Å². The molecule has 5 nitrogen and oxygen atoms in total. The van der Waals surface area contributed by atoms with Gasteiger partial charge in [0.25, 0.3) is 0 Å². The minimum absolute atomic E-state index is 0.157. The molecule has 0 bridgehead atoms. The van der Waals surface area contributed by atoms with Crippen LogP contribution in [0.4, 0.5) is 0 Å². The molecule has 1 N–H and O–H groups in total. The number of cyclic esters (lactones) is 1. The molecule has 70 valence electrons. The maximum absolute atomic E-state index is 9.96. The summed E-state index contributed by atoms with van der Waals surface area (Å²) in [5, 5.41) is 2.70. The normalized spacial score (nSPS) is 12.4. The Morgan fingerprint density at radius 3 is 2.17 bits per heavy atom. The van der Waals surface area contributed by atoms with Gasteiger partial charge in [-0.3, -0.25) is 10.1 Å². The molecule has 12 heavy (non-hydrogen) atoms. The summed E-state index contributed by atoms with van der Waals surface area (Å²) in [5.41, 5.74) is 0. The number of esters is 1. The van der Waals surface area contributed by atoms with Gasteiger partial charge in [0.05, 0.1) is 6.54 Å². The highest BCUT2D eigenvalue weighted by molar-refractivity contribution is 5.72. The Morgan fingerprint density at radius 2 is 2.08 bits per heavy atom. The number of carbonyl (C=O) groups is 1. The zero-order chi connectivity index (χ0) is 9.82. The largest absolute Gasteiger partial charge is 0.449 e. The van der Waals surface area contributed by atoms with Crippen molar-refractivity contribution in [2.75, 3.05) is 20.3 Å². The van der Waals surface area contributed by atoms with Crippen molar-refractivity contribution in [3.05, 3.63) is 0 Å². The van der Waals surface area contributed by atoms with Crippen LogP contribution < -0.4 is 5.32 Å². The lowest BCUT2D eigenvalue weighted by Gasteiger charge is -1.79. The van der Waals surface area contributed by atoms with Crippen molar-refractivity contribution in [1.82, 2.24) is 5.32 Å². The lowest BCUT2D eigenvalue weighted by atomic mass is 10.7. The molecule has 0 spiro atoms. The summed E-state index contributed by atoms with van der Waals surface area (Å²) in [7, 11) is 1.38. The summed E-state index contributed by atoms with van der Waals surface area (Å²) in [6.45, 7) is 4.76. The topological polar surface area (TPSA) is 67.8 Å². The van der Waals surface area contributed by atoms with Gasteiger partial charge in [-0.05, 0) is 0 Å². The van der Waals surface area contributed by atoms with Gasteiger partial charge in [0.1, 0.15) is 6.73 Å². The van der Waals surface area contributed by atoms with E-state index in [9.17, 15) is 4.79 Å². The minimum Gasteiger partial charge on any atom is -0.449 e. The molecule has 1 aliphatic heterocycles. The van der Waals surface area contributed by atoms with E-state index >= 15 is 0 Å². The Morgan fingerprint density at radius 1 is 1.58 bits per heavy atom. The molecule has 0 unspecified atom stereocenters. The number of ether oxygens (including phenoxy) is 1. The SMILES string of the molecule is CC.CN=C=O.O=C1CNCO1. The van der Waals surface area contributed by atoms with E-state index in [4.69, 9.17) is 4.79 Å². The van der Waals surface area contributed by atoms with Crippen LogP contribution >= 0.6 is 0 Å². The molecule has 0 atom stereocenters. The van der Waals surface area contributed by atoms with Gasteiger partial charge in [-0.1, -0.05) is 13.8 Å². The van der Waals surface area contributed by atoms with E-state index in [1.165, 1.54) is 13.1 Å². The number of rotatable bonds is 0. The molecule has 1 heterocycles. The third kappa shape index (κ3) is 11.6. The maximum Gasteiger partial charge on any atom is 0.321 e. The maximum atomic E-state index is 9.96. The molecule has 1 saturated heterocycles. The number of carbonyl (C=O) groups excluding carboxylic acids is 2. The standard InChI is InChI=1S/C3H5NO2.C2H3NO.C2H6/c5-3-1-4-2-6-3;1-3-2-4;1-2/h4H,1-2H2;1H3;1-2H3. The van der Waals surface area contributed by atoms with Crippen LogP contribution in [-0.2, 0) is 14.3 Å². The fraction of sp³-hybridized carbons (Fsp3) is 0.714. The van der Waals surface area contributed by atoms with E-state index in [1.54, 1.807) is 0 Å². The molecule has 0 aromatic heterocycles. The summed E-state index contributed by atoms with van der Waals surface area (Å²) in [6.07, 6.45) is 1.31. The van der Waals surface area contributed by atoms with E-state index in [0.29, 0.717) is 13.3 Å². The molecular formula is C7H14N2O3. The number of hydrogen-bond acceptors (Lipinski definition) is 5. The zero-order valence-electron chi connectivity index (χ0n) is 7.59. The summed E-state index contributed by atoms with van der Waals surface area (Å²) < 4.78 is 4.40. The quantitative estimate of drug-likeness (QED) is 0.320. The van der Waals surface area contributed by atoms with Gasteiger partial charge in [0.15, 0.2) is 0 Å². The minimum atomic E-state index is -0.157. The van der Waals surface area contributed by atoms with Gasteiger partial charge in [-0.15, -0.1) is 0 Å². The van der Waals surface area contributed by atoms with E-state index in [2.05, 4.69) is 15.0 Å². The van der Waals surface area contributed by atoms with Crippen molar-refractivity contribution in [2.24, 2.45) is 4.99 Å². The Balaban J connectivity index is 0. The first-order chi connectivity index (χ1) is 5.81. The van der Waals surface area contributed by atoms with Crippen LogP contribution in [-0.4, -0.2) is 32.4 Å². The van der Waals surface area contributed by atoms with Crippen molar-refractivity contribution < 1.29 is 14.3 Å². The zero-order valence-corrected chi connectivity index (χ0v) is 7.59. The van der Waals surface area contributed by atoms with Crippen LogP contribution in [0.3, 0.4) is 0 Å². The first-order valence-electron chi connectivity index (χ1n) is 3.63. The number of nitrogens with one attached hydrogen (secondary N) is 1. The smallest absolute Gasteiger partial charge is 0.321 e. The second kappa shape index (κ2) is 12.5. The van der Waals surface area contributed by atoms with Gasteiger partial charge in [-0.2, -0.15) is 0 Å². The van der Waals surface area contributed by atoms with Crippen molar-refractivity contribution in [1.29, 1.82) is 0 Å². The highest BCUT2D eigenvalue weighted by atomic mass is 16.6. The molecule has 1 aliphatic rings. The second-order valence-corrected chi connectivity index (χ2v) is 1.40. The first kappa shape index (κ1) is 13.4. The average Bonchev–Trinajstić information content (AvgIpc) is 2.60. The third-order valence-corrected chi connectivity index (χ3v) is 0.696.